The number of nitrogens with one attached hydrogen (secondary N) is 2. The first-order valence-corrected chi connectivity index (χ1v) is 8.02. The van der Waals surface area contributed by atoms with Gasteiger partial charge in [-0.25, -0.2) is 4.79 Å². The van der Waals surface area contributed by atoms with Crippen LogP contribution in [0.5, 0.6) is 0 Å². The predicted octanol–water partition coefficient (Wildman–Crippen LogP) is 0.0931. The Hall–Kier alpha value is -3.23. The van der Waals surface area contributed by atoms with Gasteiger partial charge in [-0.15, -0.1) is 0 Å². The molecule has 1 heterocycles. The molecule has 0 bridgehead atoms. The van der Waals surface area contributed by atoms with Crippen molar-refractivity contribution >= 4 is 29.7 Å². The first-order chi connectivity index (χ1) is 12.4. The fourth-order valence-electron chi connectivity index (χ4n) is 2.25. The predicted molar refractivity (Wildman–Crippen MR) is 88.3 cm³/mol. The van der Waals surface area contributed by atoms with Crippen molar-refractivity contribution in [2.75, 3.05) is 6.54 Å². The average molecular weight is 361 g/mol. The number of ether oxygens (including phenoxy) is 1. The van der Waals surface area contributed by atoms with Gasteiger partial charge in [-0.05, 0) is 12.5 Å². The summed E-state index contributed by atoms with van der Waals surface area (Å²) in [6, 6.07) is 8.37. The SMILES string of the molecule is CC(OC(=O)CN1C(=O)CCC1=O)C(=O)NC(=O)NCc1ccccc1. The Bertz CT molecular complexity index is 702. The number of benzene rings is 1. The third-order valence-electron chi connectivity index (χ3n) is 3.65. The van der Waals surface area contributed by atoms with Gasteiger partial charge < -0.3 is 10.1 Å². The van der Waals surface area contributed by atoms with E-state index in [2.05, 4.69) is 10.6 Å². The quantitative estimate of drug-likeness (QED) is 0.547. The fraction of sp³-hybridized carbons (Fsp3) is 0.353. The molecule has 26 heavy (non-hydrogen) atoms. The molecule has 0 saturated carbocycles. The summed E-state index contributed by atoms with van der Waals surface area (Å²) >= 11 is 0. The second-order valence-electron chi connectivity index (χ2n) is 5.66. The molecule has 1 atom stereocenters. The third-order valence-corrected chi connectivity index (χ3v) is 3.65. The van der Waals surface area contributed by atoms with Crippen LogP contribution in [0.4, 0.5) is 4.79 Å². The van der Waals surface area contributed by atoms with Crippen LogP contribution in [0.3, 0.4) is 0 Å². The Morgan fingerprint density at radius 1 is 1.12 bits per heavy atom. The van der Waals surface area contributed by atoms with Crippen molar-refractivity contribution in [1.82, 2.24) is 15.5 Å². The molecular weight excluding hydrogens is 342 g/mol. The average Bonchev–Trinajstić information content (AvgIpc) is 2.92. The topological polar surface area (TPSA) is 122 Å². The molecule has 0 aliphatic carbocycles. The number of esters is 1. The maximum absolute atomic E-state index is 11.9. The van der Waals surface area contributed by atoms with E-state index in [0.717, 1.165) is 10.5 Å². The van der Waals surface area contributed by atoms with E-state index in [1.54, 1.807) is 0 Å². The van der Waals surface area contributed by atoms with E-state index >= 15 is 0 Å². The lowest BCUT2D eigenvalue weighted by Gasteiger charge is -2.16. The maximum atomic E-state index is 11.9. The van der Waals surface area contributed by atoms with Crippen LogP contribution in [-0.4, -0.2) is 47.3 Å². The first kappa shape index (κ1) is 19.1. The Kier molecular flexibility index (Phi) is 6.42. The standard InChI is InChI=1S/C17H19N3O6/c1-11(26-15(23)10-20-13(21)7-8-14(20)22)16(24)19-17(25)18-9-12-5-3-2-4-6-12/h2-6,11H,7-10H2,1H3,(H2,18,19,24,25). The van der Waals surface area contributed by atoms with Crippen LogP contribution in [0.15, 0.2) is 30.3 Å². The van der Waals surface area contributed by atoms with Crippen molar-refractivity contribution in [3.63, 3.8) is 0 Å². The third kappa shape index (κ3) is 5.40. The molecule has 9 heteroatoms. The minimum Gasteiger partial charge on any atom is -0.451 e. The van der Waals surface area contributed by atoms with Gasteiger partial charge in [-0.1, -0.05) is 30.3 Å². The zero-order chi connectivity index (χ0) is 19.1. The molecule has 0 aromatic heterocycles. The van der Waals surface area contributed by atoms with Gasteiger partial charge in [-0.3, -0.25) is 29.4 Å². The van der Waals surface area contributed by atoms with Crippen molar-refractivity contribution in [2.24, 2.45) is 0 Å². The second-order valence-corrected chi connectivity index (χ2v) is 5.66. The Morgan fingerprint density at radius 2 is 1.73 bits per heavy atom. The maximum Gasteiger partial charge on any atom is 0.326 e. The minimum absolute atomic E-state index is 0.0593. The van der Waals surface area contributed by atoms with E-state index in [1.807, 2.05) is 30.3 Å². The highest BCUT2D eigenvalue weighted by atomic mass is 16.5. The summed E-state index contributed by atoms with van der Waals surface area (Å²) in [6.45, 7) is 0.966. The lowest BCUT2D eigenvalue weighted by atomic mass is 10.2. The van der Waals surface area contributed by atoms with E-state index in [0.29, 0.717) is 0 Å². The van der Waals surface area contributed by atoms with E-state index in [9.17, 15) is 24.0 Å². The van der Waals surface area contributed by atoms with Gasteiger partial charge in [-0.2, -0.15) is 0 Å². The van der Waals surface area contributed by atoms with E-state index in [-0.39, 0.29) is 19.4 Å². The number of urea groups is 1. The summed E-state index contributed by atoms with van der Waals surface area (Å²) in [5, 5.41) is 4.55. The van der Waals surface area contributed by atoms with E-state index < -0.39 is 42.4 Å². The normalized spacial score (nSPS) is 14.7. The van der Waals surface area contributed by atoms with Gasteiger partial charge in [0.2, 0.25) is 11.8 Å². The van der Waals surface area contributed by atoms with E-state index in [1.165, 1.54) is 6.92 Å². The molecule has 1 aliphatic rings. The molecule has 138 valence electrons. The molecule has 1 fully saturated rings. The molecule has 0 spiro atoms. The van der Waals surface area contributed by atoms with Crippen LogP contribution >= 0.6 is 0 Å². The highest BCUT2D eigenvalue weighted by Gasteiger charge is 2.32. The van der Waals surface area contributed by atoms with Gasteiger partial charge in [0.15, 0.2) is 6.10 Å². The number of carbonyl (C=O) groups is 5. The summed E-state index contributed by atoms with van der Waals surface area (Å²) in [5.41, 5.74) is 0.856. The molecule has 1 unspecified atom stereocenters. The molecule has 9 nitrogen and oxygen atoms in total. The monoisotopic (exact) mass is 361 g/mol. The van der Waals surface area contributed by atoms with Crippen LogP contribution in [-0.2, 0) is 30.5 Å². The second kappa shape index (κ2) is 8.75. The molecular formula is C17H19N3O6. The zero-order valence-electron chi connectivity index (χ0n) is 14.2. The molecule has 1 saturated heterocycles. The number of imide groups is 2. The smallest absolute Gasteiger partial charge is 0.326 e. The number of hydrogen-bond acceptors (Lipinski definition) is 6. The highest BCUT2D eigenvalue weighted by molar-refractivity contribution is 6.04. The van der Waals surface area contributed by atoms with Gasteiger partial charge in [0.1, 0.15) is 6.54 Å². The summed E-state index contributed by atoms with van der Waals surface area (Å²) < 4.78 is 4.86. The highest BCUT2D eigenvalue weighted by Crippen LogP contribution is 2.11. The number of nitrogens with zero attached hydrogens (tertiary/aromatic N) is 1. The molecule has 0 radical (unpaired) electrons. The summed E-state index contributed by atoms with van der Waals surface area (Å²) in [7, 11) is 0. The van der Waals surface area contributed by atoms with Crippen LogP contribution in [0.25, 0.3) is 0 Å². The number of rotatable bonds is 6. The molecule has 2 N–H and O–H groups in total. The van der Waals surface area contributed by atoms with Gasteiger partial charge in [0, 0.05) is 19.4 Å². The van der Waals surface area contributed by atoms with Crippen molar-refractivity contribution in [2.45, 2.75) is 32.4 Å². The van der Waals surface area contributed by atoms with Crippen LogP contribution in [0, 0.1) is 0 Å². The van der Waals surface area contributed by atoms with Gasteiger partial charge >= 0.3 is 12.0 Å². The molecule has 1 aromatic rings. The Morgan fingerprint density at radius 3 is 2.35 bits per heavy atom. The van der Waals surface area contributed by atoms with Crippen LogP contribution in [0.1, 0.15) is 25.3 Å². The number of likely N-dealkylation sites (tertiary alicyclic amines) is 1. The number of carbonyl (C=O) groups excluding carboxylic acids is 5. The molecule has 5 amide bonds. The summed E-state index contributed by atoms with van der Waals surface area (Å²) in [5.74, 6) is -2.63. The fourth-order valence-corrected chi connectivity index (χ4v) is 2.25. The minimum atomic E-state index is -1.25. The molecule has 2 rings (SSSR count). The largest absolute Gasteiger partial charge is 0.451 e. The van der Waals surface area contributed by atoms with Crippen molar-refractivity contribution in [1.29, 1.82) is 0 Å². The lowest BCUT2D eigenvalue weighted by molar-refractivity contribution is -0.158. The zero-order valence-corrected chi connectivity index (χ0v) is 14.2. The van der Waals surface area contributed by atoms with E-state index in [4.69, 9.17) is 4.74 Å². The number of amides is 5. The van der Waals surface area contributed by atoms with Gasteiger partial charge in [0.25, 0.3) is 5.91 Å². The molecule has 1 aromatic carbocycles. The Labute approximate surface area is 149 Å². The summed E-state index contributed by atoms with van der Waals surface area (Å²) in [6.07, 6.45) is -1.13. The van der Waals surface area contributed by atoms with Gasteiger partial charge in [0.05, 0.1) is 0 Å². The first-order valence-electron chi connectivity index (χ1n) is 8.02. The summed E-state index contributed by atoms with van der Waals surface area (Å²) in [4.78, 5) is 59.0. The Balaban J connectivity index is 1.74. The van der Waals surface area contributed by atoms with Crippen LogP contribution in [0.2, 0.25) is 0 Å². The number of hydrogen-bond donors (Lipinski definition) is 2. The molecule has 1 aliphatic heterocycles. The van der Waals surface area contributed by atoms with Crippen LogP contribution < -0.4 is 10.6 Å². The van der Waals surface area contributed by atoms with Crippen molar-refractivity contribution < 1.29 is 28.7 Å². The lowest BCUT2D eigenvalue weighted by Crippen LogP contribution is -2.45. The van der Waals surface area contributed by atoms with Crippen molar-refractivity contribution in [3.05, 3.63) is 35.9 Å². The van der Waals surface area contributed by atoms with Crippen molar-refractivity contribution in [3.8, 4) is 0 Å².